The fourth-order valence-electron chi connectivity index (χ4n) is 1.49. The minimum atomic E-state index is -0.441. The third-order valence-electron chi connectivity index (χ3n) is 2.55. The van der Waals surface area contributed by atoms with E-state index in [1.54, 1.807) is 13.1 Å². The van der Waals surface area contributed by atoms with E-state index in [2.05, 4.69) is 15.6 Å². The molecule has 2 amide bonds. The molecule has 1 aromatic rings. The lowest BCUT2D eigenvalue weighted by molar-refractivity contribution is -0.120. The lowest BCUT2D eigenvalue weighted by atomic mass is 10.3. The third kappa shape index (κ3) is 5.55. The van der Waals surface area contributed by atoms with Gasteiger partial charge in [-0.2, -0.15) is 0 Å². The number of hydrazine groups is 1. The summed E-state index contributed by atoms with van der Waals surface area (Å²) in [6.45, 7) is 0.417. The number of hydrogen-bond acceptors (Lipinski definition) is 4. The van der Waals surface area contributed by atoms with Crippen LogP contribution in [-0.4, -0.2) is 37.6 Å². The first-order valence-electron chi connectivity index (χ1n) is 6.12. The smallest absolute Gasteiger partial charge is 0.409 e. The zero-order valence-corrected chi connectivity index (χ0v) is 11.5. The van der Waals surface area contributed by atoms with E-state index in [9.17, 15) is 14.0 Å². The van der Waals surface area contributed by atoms with Gasteiger partial charge >= 0.3 is 6.09 Å². The second-order valence-corrected chi connectivity index (χ2v) is 4.18. The van der Waals surface area contributed by atoms with Crippen molar-refractivity contribution < 1.29 is 18.7 Å². The molecular formula is C13H18FN3O3. The summed E-state index contributed by atoms with van der Waals surface area (Å²) >= 11 is 0. The third-order valence-corrected chi connectivity index (χ3v) is 2.55. The molecule has 0 radical (unpaired) electrons. The lowest BCUT2D eigenvalue weighted by Gasteiger charge is -2.15. The predicted octanol–water partition coefficient (Wildman–Crippen LogP) is 1.75. The summed E-state index contributed by atoms with van der Waals surface area (Å²) in [5, 5.41) is 0. The van der Waals surface area contributed by atoms with Gasteiger partial charge in [0.2, 0.25) is 5.91 Å². The van der Waals surface area contributed by atoms with Crippen LogP contribution in [0.3, 0.4) is 0 Å². The molecule has 110 valence electrons. The topological polar surface area (TPSA) is 70.7 Å². The van der Waals surface area contributed by atoms with Crippen molar-refractivity contribution >= 4 is 17.7 Å². The number of carbonyl (C=O) groups excluding carboxylic acids is 2. The normalized spacial score (nSPS) is 9.75. The summed E-state index contributed by atoms with van der Waals surface area (Å²) in [4.78, 5) is 24.0. The van der Waals surface area contributed by atoms with Gasteiger partial charge in [0.25, 0.3) is 0 Å². The summed E-state index contributed by atoms with van der Waals surface area (Å²) < 4.78 is 17.4. The zero-order valence-electron chi connectivity index (χ0n) is 11.5. The fraction of sp³-hybridized carbons (Fsp3) is 0.385. The number of halogens is 1. The van der Waals surface area contributed by atoms with Crippen molar-refractivity contribution in [3.63, 3.8) is 0 Å². The number of nitrogens with zero attached hydrogens (tertiary/aromatic N) is 1. The Kier molecular flexibility index (Phi) is 6.28. The van der Waals surface area contributed by atoms with Gasteiger partial charge in [-0.05, 0) is 24.6 Å². The van der Waals surface area contributed by atoms with Crippen molar-refractivity contribution in [3.8, 4) is 0 Å². The average molecular weight is 283 g/mol. The number of ether oxygens (including phenoxy) is 1. The average Bonchev–Trinajstić information content (AvgIpc) is 2.44. The van der Waals surface area contributed by atoms with Crippen molar-refractivity contribution in [2.24, 2.45) is 0 Å². The van der Waals surface area contributed by atoms with Crippen LogP contribution in [0.4, 0.5) is 14.9 Å². The van der Waals surface area contributed by atoms with Gasteiger partial charge in [-0.3, -0.25) is 15.6 Å². The molecule has 2 N–H and O–H groups in total. The number of anilines is 1. The summed E-state index contributed by atoms with van der Waals surface area (Å²) in [5.41, 5.74) is 5.53. The van der Waals surface area contributed by atoms with Crippen LogP contribution in [0.1, 0.15) is 12.8 Å². The number of amides is 2. The van der Waals surface area contributed by atoms with Crippen LogP contribution in [-0.2, 0) is 9.53 Å². The molecule has 0 aromatic heterocycles. The molecule has 20 heavy (non-hydrogen) atoms. The Labute approximate surface area is 116 Å². The standard InChI is InChI=1S/C13H18FN3O3/c1-17(13(19)20-2)8-4-7-12(18)16-15-11-6-3-5-10(14)9-11/h3,5-6,9,15H,4,7-8H2,1-2H3,(H,16,18). The highest BCUT2D eigenvalue weighted by Gasteiger charge is 2.08. The van der Waals surface area contributed by atoms with Crippen molar-refractivity contribution in [1.82, 2.24) is 10.3 Å². The van der Waals surface area contributed by atoms with Gasteiger partial charge in [0.15, 0.2) is 0 Å². The van der Waals surface area contributed by atoms with Gasteiger partial charge in [0, 0.05) is 20.0 Å². The number of hydrogen-bond donors (Lipinski definition) is 2. The molecule has 0 atom stereocenters. The molecule has 0 aliphatic rings. The van der Waals surface area contributed by atoms with Gasteiger partial charge in [-0.15, -0.1) is 0 Å². The second-order valence-electron chi connectivity index (χ2n) is 4.18. The maximum atomic E-state index is 12.9. The number of methoxy groups -OCH3 is 1. The van der Waals surface area contributed by atoms with Gasteiger partial charge in [-0.1, -0.05) is 6.07 Å². The SMILES string of the molecule is COC(=O)N(C)CCCC(=O)NNc1cccc(F)c1. The number of nitrogens with one attached hydrogen (secondary N) is 2. The Balaban J connectivity index is 2.22. The Bertz CT molecular complexity index is 468. The number of carbonyl (C=O) groups is 2. The molecule has 0 aliphatic carbocycles. The highest BCUT2D eigenvalue weighted by atomic mass is 19.1. The highest BCUT2D eigenvalue weighted by Crippen LogP contribution is 2.07. The largest absolute Gasteiger partial charge is 0.453 e. The molecule has 7 heteroatoms. The quantitative estimate of drug-likeness (QED) is 0.780. The molecule has 1 aromatic carbocycles. The van der Waals surface area contributed by atoms with E-state index in [1.807, 2.05) is 0 Å². The van der Waals surface area contributed by atoms with E-state index < -0.39 is 6.09 Å². The first-order chi connectivity index (χ1) is 9.52. The van der Waals surface area contributed by atoms with Gasteiger partial charge in [-0.25, -0.2) is 9.18 Å². The Morgan fingerprint density at radius 1 is 1.40 bits per heavy atom. The molecule has 0 heterocycles. The first-order valence-corrected chi connectivity index (χ1v) is 6.12. The van der Waals surface area contributed by atoms with Gasteiger partial charge < -0.3 is 9.64 Å². The van der Waals surface area contributed by atoms with Crippen LogP contribution in [0.2, 0.25) is 0 Å². The number of rotatable bonds is 6. The lowest BCUT2D eigenvalue weighted by Crippen LogP contribution is -2.31. The maximum Gasteiger partial charge on any atom is 0.409 e. The van der Waals surface area contributed by atoms with Crippen molar-refractivity contribution in [1.29, 1.82) is 0 Å². The van der Waals surface area contributed by atoms with Gasteiger partial charge in [0.05, 0.1) is 12.8 Å². The summed E-state index contributed by atoms with van der Waals surface area (Å²) in [6, 6.07) is 5.75. The van der Waals surface area contributed by atoms with E-state index in [1.165, 1.54) is 30.2 Å². The van der Waals surface area contributed by atoms with Crippen LogP contribution in [0.25, 0.3) is 0 Å². The summed E-state index contributed by atoms with van der Waals surface area (Å²) in [5.74, 6) is -0.628. The van der Waals surface area contributed by atoms with Crippen LogP contribution in [0, 0.1) is 5.82 Å². The Morgan fingerprint density at radius 2 is 2.15 bits per heavy atom. The second kappa shape index (κ2) is 7.98. The maximum absolute atomic E-state index is 12.9. The number of benzene rings is 1. The first kappa shape index (κ1) is 15.7. The predicted molar refractivity (Wildman–Crippen MR) is 72.4 cm³/mol. The van der Waals surface area contributed by atoms with Crippen LogP contribution < -0.4 is 10.9 Å². The van der Waals surface area contributed by atoms with E-state index in [0.29, 0.717) is 18.7 Å². The van der Waals surface area contributed by atoms with E-state index in [-0.39, 0.29) is 18.1 Å². The summed E-state index contributed by atoms with van der Waals surface area (Å²) in [6.07, 6.45) is 0.301. The zero-order chi connectivity index (χ0) is 15.0. The molecule has 0 bridgehead atoms. The van der Waals surface area contributed by atoms with Crippen molar-refractivity contribution in [2.45, 2.75) is 12.8 Å². The Hall–Kier alpha value is -2.31. The van der Waals surface area contributed by atoms with E-state index in [0.717, 1.165) is 0 Å². The minimum absolute atomic E-state index is 0.240. The molecule has 0 aliphatic heterocycles. The van der Waals surface area contributed by atoms with Crippen LogP contribution in [0.15, 0.2) is 24.3 Å². The summed E-state index contributed by atoms with van der Waals surface area (Å²) in [7, 11) is 2.89. The van der Waals surface area contributed by atoms with E-state index in [4.69, 9.17) is 0 Å². The van der Waals surface area contributed by atoms with Crippen LogP contribution >= 0.6 is 0 Å². The molecule has 0 saturated heterocycles. The fourth-order valence-corrected chi connectivity index (χ4v) is 1.49. The molecule has 6 nitrogen and oxygen atoms in total. The molecule has 1 rings (SSSR count). The Morgan fingerprint density at radius 3 is 2.80 bits per heavy atom. The van der Waals surface area contributed by atoms with E-state index >= 15 is 0 Å². The molecular weight excluding hydrogens is 265 g/mol. The van der Waals surface area contributed by atoms with Gasteiger partial charge in [0.1, 0.15) is 5.82 Å². The van der Waals surface area contributed by atoms with Crippen molar-refractivity contribution in [3.05, 3.63) is 30.1 Å². The van der Waals surface area contributed by atoms with Crippen molar-refractivity contribution in [2.75, 3.05) is 26.1 Å². The molecule has 0 unspecified atom stereocenters. The monoisotopic (exact) mass is 283 g/mol. The molecule has 0 fully saturated rings. The highest BCUT2D eigenvalue weighted by molar-refractivity contribution is 5.77. The van der Waals surface area contributed by atoms with Crippen LogP contribution in [0.5, 0.6) is 0 Å². The molecule has 0 spiro atoms. The minimum Gasteiger partial charge on any atom is -0.453 e. The molecule has 0 saturated carbocycles.